The summed E-state index contributed by atoms with van der Waals surface area (Å²) in [6.45, 7) is -0.697. The van der Waals surface area contributed by atoms with Crippen molar-refractivity contribution in [2.75, 3.05) is 13.2 Å². The van der Waals surface area contributed by atoms with Gasteiger partial charge < -0.3 is 24.6 Å². The van der Waals surface area contributed by atoms with E-state index in [2.05, 4.69) is 5.32 Å². The maximum atomic E-state index is 12.4. The van der Waals surface area contributed by atoms with Gasteiger partial charge >= 0.3 is 19.7 Å². The predicted molar refractivity (Wildman–Crippen MR) is 121 cm³/mol. The number of rotatable bonds is 8. The minimum Gasteiger partial charge on any atom is -0.480 e. The Balaban J connectivity index is 1.38. The van der Waals surface area contributed by atoms with Crippen molar-refractivity contribution in [3.63, 3.8) is 0 Å². The summed E-state index contributed by atoms with van der Waals surface area (Å²) in [5, 5.41) is 11.6. The van der Waals surface area contributed by atoms with Crippen LogP contribution >= 0.6 is 7.60 Å². The van der Waals surface area contributed by atoms with E-state index in [0.29, 0.717) is 0 Å². The fourth-order valence-corrected chi connectivity index (χ4v) is 4.87. The summed E-state index contributed by atoms with van der Waals surface area (Å²) in [7, 11) is -4.24. The van der Waals surface area contributed by atoms with Crippen LogP contribution in [0.1, 0.15) is 17.0 Å². The minimum atomic E-state index is -4.24. The summed E-state index contributed by atoms with van der Waals surface area (Å²) in [5.74, 6) is -1.60. The van der Waals surface area contributed by atoms with Gasteiger partial charge in [-0.25, -0.2) is 9.59 Å². The van der Waals surface area contributed by atoms with E-state index in [4.69, 9.17) is 9.26 Å². The number of carboxylic acids is 1. The maximum absolute atomic E-state index is 12.4. The second-order valence-corrected chi connectivity index (χ2v) is 9.33. The SMILES string of the molecule is O=C(N[C@@H](COP(=O)(O)c1ccccc1)C(=O)O)OCC1c2ccccc2-c2ccccc21. The Morgan fingerprint density at radius 3 is 2.03 bits per heavy atom. The average Bonchev–Trinajstić information content (AvgIpc) is 3.14. The first-order valence-corrected chi connectivity index (χ1v) is 11.8. The van der Waals surface area contributed by atoms with Crippen LogP contribution in [0.3, 0.4) is 0 Å². The summed E-state index contributed by atoms with van der Waals surface area (Å²) in [6, 6.07) is 21.7. The number of carbonyl (C=O) groups is 2. The maximum Gasteiger partial charge on any atom is 0.407 e. The molecule has 0 aromatic heterocycles. The summed E-state index contributed by atoms with van der Waals surface area (Å²) in [4.78, 5) is 34.0. The monoisotopic (exact) mass is 467 g/mol. The molecule has 1 aliphatic rings. The molecule has 0 radical (unpaired) electrons. The molecular formula is C24H22NO7P. The molecule has 3 aromatic rings. The molecule has 170 valence electrons. The van der Waals surface area contributed by atoms with E-state index in [1.807, 2.05) is 48.5 Å². The normalized spacial score (nSPS) is 15.1. The van der Waals surface area contributed by atoms with E-state index < -0.39 is 32.3 Å². The zero-order valence-corrected chi connectivity index (χ0v) is 18.4. The van der Waals surface area contributed by atoms with Gasteiger partial charge in [0, 0.05) is 5.92 Å². The molecule has 0 heterocycles. The zero-order valence-electron chi connectivity index (χ0n) is 17.5. The van der Waals surface area contributed by atoms with Crippen LogP contribution in [-0.4, -0.2) is 41.3 Å². The van der Waals surface area contributed by atoms with Crippen LogP contribution in [0.2, 0.25) is 0 Å². The van der Waals surface area contributed by atoms with Crippen molar-refractivity contribution in [1.29, 1.82) is 0 Å². The van der Waals surface area contributed by atoms with Crippen LogP contribution in [-0.2, 0) is 18.6 Å². The summed E-state index contributed by atoms with van der Waals surface area (Å²) in [5.41, 5.74) is 4.18. The van der Waals surface area contributed by atoms with Crippen molar-refractivity contribution in [3.8, 4) is 11.1 Å². The van der Waals surface area contributed by atoms with Crippen molar-refractivity contribution in [3.05, 3.63) is 90.0 Å². The van der Waals surface area contributed by atoms with E-state index in [0.717, 1.165) is 22.3 Å². The molecule has 1 aliphatic carbocycles. The standard InChI is InChI=1S/C24H22NO7P/c26-23(27)22(15-32-33(29,30)16-8-2-1-3-9-16)25-24(28)31-14-21-19-12-6-4-10-17(19)18-11-5-7-13-20(18)21/h1-13,21-22H,14-15H2,(H,25,28)(H,26,27)(H,29,30)/t22-/m0/s1. The molecule has 3 aromatic carbocycles. The Bertz CT molecular complexity index is 1170. The Labute approximate surface area is 190 Å². The Morgan fingerprint density at radius 2 is 1.45 bits per heavy atom. The van der Waals surface area contributed by atoms with Crippen molar-refractivity contribution in [2.24, 2.45) is 0 Å². The minimum absolute atomic E-state index is 0.00949. The van der Waals surface area contributed by atoms with Gasteiger partial charge in [-0.05, 0) is 34.4 Å². The highest BCUT2D eigenvalue weighted by Gasteiger charge is 2.31. The number of ether oxygens (including phenoxy) is 1. The van der Waals surface area contributed by atoms with Crippen LogP contribution in [0.4, 0.5) is 4.79 Å². The van der Waals surface area contributed by atoms with Crippen LogP contribution in [0, 0.1) is 0 Å². The summed E-state index contributed by atoms with van der Waals surface area (Å²) in [6.07, 6.45) is -0.958. The van der Waals surface area contributed by atoms with Gasteiger partial charge in [0.15, 0.2) is 6.04 Å². The van der Waals surface area contributed by atoms with Crippen LogP contribution < -0.4 is 10.6 Å². The van der Waals surface area contributed by atoms with Gasteiger partial charge in [0.25, 0.3) is 0 Å². The molecule has 1 unspecified atom stereocenters. The quantitative estimate of drug-likeness (QED) is 0.434. The Morgan fingerprint density at radius 1 is 0.909 bits per heavy atom. The molecule has 3 N–H and O–H groups in total. The van der Waals surface area contributed by atoms with Gasteiger partial charge in [0.1, 0.15) is 6.61 Å². The Kier molecular flexibility index (Phi) is 6.60. The molecule has 0 saturated carbocycles. The molecule has 33 heavy (non-hydrogen) atoms. The van der Waals surface area contributed by atoms with Gasteiger partial charge in [0.2, 0.25) is 0 Å². The third kappa shape index (κ3) is 4.98. The number of fused-ring (bicyclic) bond motifs is 3. The topological polar surface area (TPSA) is 122 Å². The number of nitrogens with one attached hydrogen (secondary N) is 1. The molecule has 1 amide bonds. The van der Waals surface area contributed by atoms with E-state index in [1.165, 1.54) is 12.1 Å². The van der Waals surface area contributed by atoms with E-state index in [-0.39, 0.29) is 17.8 Å². The number of carboxylic acid groups (broad SMARTS) is 1. The number of hydrogen-bond acceptors (Lipinski definition) is 5. The lowest BCUT2D eigenvalue weighted by molar-refractivity contribution is -0.140. The van der Waals surface area contributed by atoms with Crippen molar-refractivity contribution in [2.45, 2.75) is 12.0 Å². The fraction of sp³-hybridized carbons (Fsp3) is 0.167. The van der Waals surface area contributed by atoms with E-state index in [9.17, 15) is 24.2 Å². The summed E-state index contributed by atoms with van der Waals surface area (Å²) >= 11 is 0. The molecule has 0 saturated heterocycles. The lowest BCUT2D eigenvalue weighted by atomic mass is 9.98. The Hall–Kier alpha value is -3.45. The van der Waals surface area contributed by atoms with Gasteiger partial charge in [-0.15, -0.1) is 0 Å². The zero-order chi connectivity index (χ0) is 23.4. The number of aliphatic carboxylic acids is 1. The van der Waals surface area contributed by atoms with Crippen molar-refractivity contribution >= 4 is 25.0 Å². The molecule has 0 fully saturated rings. The van der Waals surface area contributed by atoms with Crippen LogP contribution in [0.25, 0.3) is 11.1 Å². The number of amides is 1. The third-order valence-electron chi connectivity index (χ3n) is 5.43. The third-order valence-corrected chi connectivity index (χ3v) is 6.88. The number of hydrogen-bond donors (Lipinski definition) is 3. The van der Waals surface area contributed by atoms with E-state index >= 15 is 0 Å². The second kappa shape index (κ2) is 9.58. The van der Waals surface area contributed by atoms with Crippen LogP contribution in [0.5, 0.6) is 0 Å². The molecule has 8 nitrogen and oxygen atoms in total. The van der Waals surface area contributed by atoms with Crippen molar-refractivity contribution in [1.82, 2.24) is 5.32 Å². The van der Waals surface area contributed by atoms with Crippen molar-refractivity contribution < 1.29 is 33.4 Å². The molecule has 2 atom stereocenters. The average molecular weight is 467 g/mol. The van der Waals surface area contributed by atoms with Crippen LogP contribution in [0.15, 0.2) is 78.9 Å². The highest BCUT2D eigenvalue weighted by molar-refractivity contribution is 7.61. The molecule has 0 aliphatic heterocycles. The van der Waals surface area contributed by atoms with Gasteiger partial charge in [0.05, 0.1) is 11.9 Å². The largest absolute Gasteiger partial charge is 0.480 e. The molecule has 9 heteroatoms. The number of carbonyl (C=O) groups excluding carboxylic acids is 1. The first-order chi connectivity index (χ1) is 15.9. The van der Waals surface area contributed by atoms with Gasteiger partial charge in [-0.2, -0.15) is 0 Å². The lowest BCUT2D eigenvalue weighted by Crippen LogP contribution is -2.44. The smallest absolute Gasteiger partial charge is 0.407 e. The first kappa shape index (κ1) is 22.7. The molecule has 0 bridgehead atoms. The molecular weight excluding hydrogens is 445 g/mol. The highest BCUT2D eigenvalue weighted by atomic mass is 31.2. The lowest BCUT2D eigenvalue weighted by Gasteiger charge is -2.19. The van der Waals surface area contributed by atoms with Gasteiger partial charge in [-0.1, -0.05) is 66.7 Å². The molecule has 4 rings (SSSR count). The second-order valence-electron chi connectivity index (χ2n) is 7.51. The fourth-order valence-electron chi connectivity index (χ4n) is 3.82. The summed E-state index contributed by atoms with van der Waals surface area (Å²) < 4.78 is 22.7. The van der Waals surface area contributed by atoms with E-state index in [1.54, 1.807) is 18.2 Å². The number of alkyl carbamates (subject to hydrolysis) is 1. The number of benzene rings is 3. The van der Waals surface area contributed by atoms with Gasteiger partial charge in [-0.3, -0.25) is 4.57 Å². The predicted octanol–water partition coefficient (Wildman–Crippen LogP) is 3.51. The highest BCUT2D eigenvalue weighted by Crippen LogP contribution is 2.44. The molecule has 0 spiro atoms. The first-order valence-electron chi connectivity index (χ1n) is 10.2.